The number of carbonyl (C=O) groups excluding carboxylic acids is 1. The van der Waals surface area contributed by atoms with Gasteiger partial charge in [-0.3, -0.25) is 9.78 Å². The maximum Gasteiger partial charge on any atom is 0.223 e. The highest BCUT2D eigenvalue weighted by molar-refractivity contribution is 5.78. The Kier molecular flexibility index (Phi) is 6.87. The van der Waals surface area contributed by atoms with Crippen molar-refractivity contribution in [3.8, 4) is 17.3 Å². The van der Waals surface area contributed by atoms with Crippen molar-refractivity contribution >= 4 is 5.91 Å². The molecule has 1 aliphatic carbocycles. The van der Waals surface area contributed by atoms with Gasteiger partial charge < -0.3 is 10.1 Å². The van der Waals surface area contributed by atoms with E-state index in [1.165, 1.54) is 0 Å². The summed E-state index contributed by atoms with van der Waals surface area (Å²) >= 11 is 0. The minimum absolute atomic E-state index is 0.0346. The summed E-state index contributed by atoms with van der Waals surface area (Å²) in [7, 11) is 0. The molecule has 1 unspecified atom stereocenters. The van der Waals surface area contributed by atoms with Gasteiger partial charge in [-0.1, -0.05) is 36.4 Å². The molecule has 4 rings (SSSR count). The molecule has 2 heterocycles. The Balaban J connectivity index is 1.44. The Labute approximate surface area is 183 Å². The summed E-state index contributed by atoms with van der Waals surface area (Å²) in [5.74, 6) is 1.41. The van der Waals surface area contributed by atoms with Gasteiger partial charge in [0.25, 0.3) is 0 Å². The van der Waals surface area contributed by atoms with E-state index >= 15 is 0 Å². The second-order valence-corrected chi connectivity index (χ2v) is 7.71. The van der Waals surface area contributed by atoms with Crippen molar-refractivity contribution in [2.24, 2.45) is 5.92 Å². The number of ether oxygens (including phenoxy) is 1. The normalized spacial score (nSPS) is 15.6. The lowest BCUT2D eigenvalue weighted by molar-refractivity contribution is -0.125. The molecule has 0 radical (unpaired) electrons. The Hall–Kier alpha value is -3.28. The van der Waals surface area contributed by atoms with Gasteiger partial charge in [0.1, 0.15) is 0 Å². The largest absolute Gasteiger partial charge is 0.478 e. The highest BCUT2D eigenvalue weighted by atomic mass is 16.5. The lowest BCUT2D eigenvalue weighted by Crippen LogP contribution is -2.32. The van der Waals surface area contributed by atoms with Crippen molar-refractivity contribution in [3.05, 3.63) is 71.7 Å². The van der Waals surface area contributed by atoms with Gasteiger partial charge in [0.05, 0.1) is 12.3 Å². The second-order valence-electron chi connectivity index (χ2n) is 7.71. The summed E-state index contributed by atoms with van der Waals surface area (Å²) in [6.07, 6.45) is 5.56. The van der Waals surface area contributed by atoms with Gasteiger partial charge in [0, 0.05) is 41.9 Å². The third kappa shape index (κ3) is 5.26. The molecule has 1 aromatic carbocycles. The molecular weight excluding hydrogens is 388 g/mol. The molecule has 6 nitrogen and oxygen atoms in total. The number of benzene rings is 1. The molecule has 1 amide bonds. The van der Waals surface area contributed by atoms with Crippen LogP contribution in [-0.4, -0.2) is 34.0 Å². The van der Waals surface area contributed by atoms with Gasteiger partial charge in [-0.15, -0.1) is 0 Å². The van der Waals surface area contributed by atoms with Crippen LogP contribution in [0.1, 0.15) is 36.7 Å². The molecule has 31 heavy (non-hydrogen) atoms. The molecule has 160 valence electrons. The zero-order chi connectivity index (χ0) is 21.5. The molecule has 1 aliphatic rings. The number of aryl methyl sites for hydroxylation is 1. The maximum atomic E-state index is 12.8. The number of hydrogen-bond acceptors (Lipinski definition) is 5. The van der Waals surface area contributed by atoms with Crippen molar-refractivity contribution in [2.45, 2.75) is 39.0 Å². The van der Waals surface area contributed by atoms with E-state index in [0.29, 0.717) is 24.9 Å². The molecular formula is C25H28N4O2. The zero-order valence-corrected chi connectivity index (χ0v) is 17.9. The van der Waals surface area contributed by atoms with Gasteiger partial charge in [0.2, 0.25) is 11.8 Å². The lowest BCUT2D eigenvalue weighted by Gasteiger charge is -2.14. The number of pyridine rings is 1. The monoisotopic (exact) mass is 416 g/mol. The third-order valence-electron chi connectivity index (χ3n) is 5.62. The lowest BCUT2D eigenvalue weighted by atomic mass is 9.99. The molecule has 3 aromatic rings. The van der Waals surface area contributed by atoms with Gasteiger partial charge in [-0.2, -0.15) is 4.98 Å². The van der Waals surface area contributed by atoms with Crippen LogP contribution >= 0.6 is 0 Å². The first-order chi connectivity index (χ1) is 15.2. The number of rotatable bonds is 7. The highest BCUT2D eigenvalue weighted by Gasteiger charge is 2.26. The fourth-order valence-corrected chi connectivity index (χ4v) is 3.98. The highest BCUT2D eigenvalue weighted by Crippen LogP contribution is 2.31. The van der Waals surface area contributed by atoms with Crippen LogP contribution in [0.15, 0.2) is 54.7 Å². The van der Waals surface area contributed by atoms with Crippen molar-refractivity contribution in [2.75, 3.05) is 13.2 Å². The van der Waals surface area contributed by atoms with E-state index in [2.05, 4.69) is 10.3 Å². The SMILES string of the molecule is CCOc1nc(-c2ccccc2)nc2c1CCC(C(=O)NCCc1ccccn1)CC2. The van der Waals surface area contributed by atoms with Crippen LogP contribution in [0.2, 0.25) is 0 Å². The number of aromatic nitrogens is 3. The number of carbonyl (C=O) groups is 1. The smallest absolute Gasteiger partial charge is 0.223 e. The van der Waals surface area contributed by atoms with E-state index in [1.807, 2.05) is 55.5 Å². The number of amides is 1. The minimum Gasteiger partial charge on any atom is -0.478 e. The first-order valence-corrected chi connectivity index (χ1v) is 11.0. The summed E-state index contributed by atoms with van der Waals surface area (Å²) in [5.41, 5.74) is 4.01. The molecule has 6 heteroatoms. The topological polar surface area (TPSA) is 77.0 Å². The standard InChI is InChI=1S/C25H28N4O2/c1-2-31-25-21-13-11-19(24(30)27-17-15-20-10-6-7-16-26-20)12-14-22(21)28-23(29-25)18-8-4-3-5-9-18/h3-10,16,19H,2,11-15,17H2,1H3,(H,27,30). The quantitative estimate of drug-likeness (QED) is 0.593. The van der Waals surface area contributed by atoms with Crippen LogP contribution in [0.3, 0.4) is 0 Å². The van der Waals surface area contributed by atoms with Gasteiger partial charge >= 0.3 is 0 Å². The van der Waals surface area contributed by atoms with E-state index in [0.717, 1.165) is 54.6 Å². The number of nitrogens with zero attached hydrogens (tertiary/aromatic N) is 3. The summed E-state index contributed by atoms with van der Waals surface area (Å²) in [6, 6.07) is 15.8. The van der Waals surface area contributed by atoms with Crippen LogP contribution in [0.25, 0.3) is 11.4 Å². The molecule has 0 bridgehead atoms. The van der Waals surface area contributed by atoms with Gasteiger partial charge in [0.15, 0.2) is 5.82 Å². The first-order valence-electron chi connectivity index (χ1n) is 11.0. The number of nitrogens with one attached hydrogen (secondary N) is 1. The average Bonchev–Trinajstić information content (AvgIpc) is 3.03. The average molecular weight is 417 g/mol. The van der Waals surface area contributed by atoms with E-state index in [4.69, 9.17) is 14.7 Å². The van der Waals surface area contributed by atoms with Crippen molar-refractivity contribution in [1.82, 2.24) is 20.3 Å². The third-order valence-corrected chi connectivity index (χ3v) is 5.62. The second kappa shape index (κ2) is 10.2. The first kappa shape index (κ1) is 21.0. The molecule has 0 saturated heterocycles. The van der Waals surface area contributed by atoms with Crippen molar-refractivity contribution in [1.29, 1.82) is 0 Å². The molecule has 0 saturated carbocycles. The van der Waals surface area contributed by atoms with Crippen LogP contribution in [0.4, 0.5) is 0 Å². The van der Waals surface area contributed by atoms with Gasteiger partial charge in [-0.05, 0) is 44.7 Å². The van der Waals surface area contributed by atoms with Crippen molar-refractivity contribution in [3.63, 3.8) is 0 Å². The molecule has 1 atom stereocenters. The zero-order valence-electron chi connectivity index (χ0n) is 17.9. The van der Waals surface area contributed by atoms with E-state index < -0.39 is 0 Å². The molecule has 0 fully saturated rings. The van der Waals surface area contributed by atoms with E-state index in [-0.39, 0.29) is 11.8 Å². The Morgan fingerprint density at radius 1 is 1.06 bits per heavy atom. The fourth-order valence-electron chi connectivity index (χ4n) is 3.98. The molecule has 0 aliphatic heterocycles. The number of fused-ring (bicyclic) bond motifs is 1. The van der Waals surface area contributed by atoms with E-state index in [1.54, 1.807) is 6.20 Å². The van der Waals surface area contributed by atoms with E-state index in [9.17, 15) is 4.79 Å². The predicted molar refractivity (Wildman–Crippen MR) is 120 cm³/mol. The summed E-state index contributed by atoms with van der Waals surface area (Å²) in [4.78, 5) is 26.7. The summed E-state index contributed by atoms with van der Waals surface area (Å²) in [6.45, 7) is 3.11. The Bertz CT molecular complexity index is 1010. The summed E-state index contributed by atoms with van der Waals surface area (Å²) in [5, 5.41) is 3.09. The predicted octanol–water partition coefficient (Wildman–Crippen LogP) is 3.79. The fraction of sp³-hybridized carbons (Fsp3) is 0.360. The molecule has 0 spiro atoms. The molecule has 1 N–H and O–H groups in total. The maximum absolute atomic E-state index is 12.8. The Morgan fingerprint density at radius 3 is 2.65 bits per heavy atom. The van der Waals surface area contributed by atoms with Gasteiger partial charge in [-0.25, -0.2) is 4.98 Å². The minimum atomic E-state index is -0.0346. The summed E-state index contributed by atoms with van der Waals surface area (Å²) < 4.78 is 5.87. The van der Waals surface area contributed by atoms with Crippen LogP contribution in [0.5, 0.6) is 5.88 Å². The van der Waals surface area contributed by atoms with Crippen LogP contribution in [0, 0.1) is 5.92 Å². The Morgan fingerprint density at radius 2 is 1.87 bits per heavy atom. The van der Waals surface area contributed by atoms with Crippen LogP contribution < -0.4 is 10.1 Å². The number of hydrogen-bond donors (Lipinski definition) is 1. The van der Waals surface area contributed by atoms with Crippen molar-refractivity contribution < 1.29 is 9.53 Å². The molecule has 2 aromatic heterocycles. The van der Waals surface area contributed by atoms with Crippen LogP contribution in [-0.2, 0) is 24.1 Å².